The number of fused-ring (bicyclic) bond motifs is 1. The molecule has 1 N–H and O–H groups in total. The summed E-state index contributed by atoms with van der Waals surface area (Å²) >= 11 is 0. The van der Waals surface area contributed by atoms with E-state index in [0.29, 0.717) is 31.8 Å². The Hall–Kier alpha value is -2.57. The molecule has 0 saturated carbocycles. The van der Waals surface area contributed by atoms with Crippen molar-refractivity contribution in [1.82, 2.24) is 10.2 Å². The third kappa shape index (κ3) is 6.77. The number of hydrogen-bond acceptors (Lipinski definition) is 5. The van der Waals surface area contributed by atoms with E-state index in [4.69, 9.17) is 9.15 Å². The number of nitrogens with zero attached hydrogens (tertiary/aromatic N) is 1. The van der Waals surface area contributed by atoms with Gasteiger partial charge in [-0.25, -0.2) is 0 Å². The van der Waals surface area contributed by atoms with Crippen LogP contribution in [-0.2, 0) is 25.7 Å². The molecule has 194 valence electrons. The van der Waals surface area contributed by atoms with E-state index in [2.05, 4.69) is 18.3 Å². The number of piperidine rings is 1. The second-order valence-electron chi connectivity index (χ2n) is 9.94. The lowest BCUT2D eigenvalue weighted by Crippen LogP contribution is -2.54. The number of allylic oxidation sites excluding steroid dienone is 1. The number of nitrogens with one attached hydrogen (secondary N) is 1. The third-order valence-electron chi connectivity index (χ3n) is 7.23. The lowest BCUT2D eigenvalue weighted by molar-refractivity contribution is -0.162. The smallest absolute Gasteiger partial charge is 0.318 e. The highest BCUT2D eigenvalue weighted by Gasteiger charge is 2.54. The van der Waals surface area contributed by atoms with Crippen LogP contribution in [0.1, 0.15) is 96.0 Å². The summed E-state index contributed by atoms with van der Waals surface area (Å²) in [5, 5.41) is 2.87. The Morgan fingerprint density at radius 1 is 1.17 bits per heavy atom. The van der Waals surface area contributed by atoms with E-state index in [1.54, 1.807) is 0 Å². The summed E-state index contributed by atoms with van der Waals surface area (Å²) in [5.41, 5.74) is -0.0311. The zero-order valence-electron chi connectivity index (χ0n) is 21.7. The zero-order valence-corrected chi connectivity index (χ0v) is 21.7. The lowest BCUT2D eigenvalue weighted by atomic mass is 9.66. The molecule has 1 aromatic rings. The standard InChI is InChI=1S/C28H42N2O5/c1-4-6-7-8-9-12-17-30-24-13-10-11-16-28(24,27(33)34-5-2)19-22(26(30)32)18-25(31)29-20-23-15-14-21(3)35-23/h13-15,22H,4-12,16-20H2,1-3H3,(H,29,31)/t22-,28-/m0/s1. The number of aryl methyl sites for hydroxylation is 1. The molecule has 0 aromatic carbocycles. The van der Waals surface area contributed by atoms with Crippen LogP contribution < -0.4 is 5.32 Å². The first kappa shape index (κ1) is 27.0. The topological polar surface area (TPSA) is 88.9 Å². The predicted octanol–water partition coefficient (Wildman–Crippen LogP) is 5.42. The molecule has 0 radical (unpaired) electrons. The summed E-state index contributed by atoms with van der Waals surface area (Å²) in [6.07, 6.45) is 11.6. The largest absolute Gasteiger partial charge is 0.465 e. The van der Waals surface area contributed by atoms with Gasteiger partial charge in [0.15, 0.2) is 0 Å². The van der Waals surface area contributed by atoms with Crippen molar-refractivity contribution in [1.29, 1.82) is 0 Å². The molecule has 2 amide bonds. The van der Waals surface area contributed by atoms with Gasteiger partial charge in [0, 0.05) is 24.6 Å². The molecule has 3 rings (SSSR count). The van der Waals surface area contributed by atoms with Gasteiger partial charge >= 0.3 is 5.97 Å². The Labute approximate surface area is 209 Å². The Kier molecular flexibility index (Phi) is 9.99. The van der Waals surface area contributed by atoms with E-state index in [0.717, 1.165) is 43.6 Å². The first-order chi connectivity index (χ1) is 16.9. The van der Waals surface area contributed by atoms with Crippen molar-refractivity contribution in [2.45, 2.75) is 97.9 Å². The Morgan fingerprint density at radius 2 is 1.94 bits per heavy atom. The molecule has 1 fully saturated rings. The number of furan rings is 1. The minimum Gasteiger partial charge on any atom is -0.465 e. The van der Waals surface area contributed by atoms with Gasteiger partial charge in [0.1, 0.15) is 16.9 Å². The van der Waals surface area contributed by atoms with Crippen molar-refractivity contribution in [3.8, 4) is 0 Å². The molecule has 0 spiro atoms. The molecule has 7 nitrogen and oxygen atoms in total. The highest BCUT2D eigenvalue weighted by molar-refractivity contribution is 5.92. The second kappa shape index (κ2) is 12.9. The summed E-state index contributed by atoms with van der Waals surface area (Å²) in [5.74, 6) is 0.400. The predicted molar refractivity (Wildman–Crippen MR) is 134 cm³/mol. The van der Waals surface area contributed by atoms with Crippen LogP contribution in [0.5, 0.6) is 0 Å². The number of ether oxygens (including phenoxy) is 1. The van der Waals surface area contributed by atoms with E-state index in [1.165, 1.54) is 19.3 Å². The van der Waals surface area contributed by atoms with Crippen molar-refractivity contribution in [2.75, 3.05) is 13.2 Å². The second-order valence-corrected chi connectivity index (χ2v) is 9.94. The Bertz CT molecular complexity index is 905. The number of carbonyl (C=O) groups excluding carboxylic acids is 3. The van der Waals surface area contributed by atoms with Gasteiger partial charge in [-0.2, -0.15) is 0 Å². The van der Waals surface area contributed by atoms with Gasteiger partial charge < -0.3 is 19.4 Å². The number of hydrogen-bond donors (Lipinski definition) is 1. The molecule has 1 saturated heterocycles. The normalized spacial score (nSPS) is 21.9. The molecular formula is C28H42N2O5. The maximum atomic E-state index is 13.6. The van der Waals surface area contributed by atoms with Gasteiger partial charge in [0.25, 0.3) is 0 Å². The van der Waals surface area contributed by atoms with E-state index < -0.39 is 11.3 Å². The van der Waals surface area contributed by atoms with Crippen LogP contribution in [0.2, 0.25) is 0 Å². The minimum atomic E-state index is -0.840. The van der Waals surface area contributed by atoms with E-state index in [1.807, 2.05) is 30.9 Å². The Balaban J connectivity index is 1.74. The van der Waals surface area contributed by atoms with E-state index >= 15 is 0 Å². The number of esters is 1. The molecule has 0 bridgehead atoms. The average Bonchev–Trinajstić information content (AvgIpc) is 3.27. The lowest BCUT2D eigenvalue weighted by Gasteiger charge is -2.48. The quantitative estimate of drug-likeness (QED) is 0.297. The van der Waals surface area contributed by atoms with Gasteiger partial charge in [0.2, 0.25) is 11.8 Å². The molecule has 35 heavy (non-hydrogen) atoms. The average molecular weight is 487 g/mol. The SMILES string of the molecule is CCCCCCCCN1C(=O)[C@@H](CC(=O)NCc2ccc(C)o2)C[C@@]2(C(=O)OCC)CCCC=C12. The number of rotatable bonds is 13. The summed E-state index contributed by atoms with van der Waals surface area (Å²) < 4.78 is 11.1. The summed E-state index contributed by atoms with van der Waals surface area (Å²) in [6, 6.07) is 3.69. The molecular weight excluding hydrogens is 444 g/mol. The van der Waals surface area contributed by atoms with Crippen LogP contribution in [0.25, 0.3) is 0 Å². The fraction of sp³-hybridized carbons (Fsp3) is 0.679. The maximum Gasteiger partial charge on any atom is 0.318 e. The van der Waals surface area contributed by atoms with Crippen LogP contribution in [0.15, 0.2) is 28.3 Å². The molecule has 1 aromatic heterocycles. The first-order valence-electron chi connectivity index (χ1n) is 13.4. The van der Waals surface area contributed by atoms with Crippen LogP contribution in [0.3, 0.4) is 0 Å². The van der Waals surface area contributed by atoms with E-state index in [9.17, 15) is 14.4 Å². The summed E-state index contributed by atoms with van der Waals surface area (Å²) in [6.45, 7) is 7.03. The highest BCUT2D eigenvalue weighted by atomic mass is 16.5. The van der Waals surface area contributed by atoms with Crippen molar-refractivity contribution < 1.29 is 23.5 Å². The summed E-state index contributed by atoms with van der Waals surface area (Å²) in [4.78, 5) is 41.5. The monoisotopic (exact) mass is 486 g/mol. The molecule has 1 aliphatic heterocycles. The first-order valence-corrected chi connectivity index (χ1v) is 13.4. The fourth-order valence-electron chi connectivity index (χ4n) is 5.45. The molecule has 2 heterocycles. The Morgan fingerprint density at radius 3 is 2.66 bits per heavy atom. The summed E-state index contributed by atoms with van der Waals surface area (Å²) in [7, 11) is 0. The third-order valence-corrected chi connectivity index (χ3v) is 7.23. The van der Waals surface area contributed by atoms with Gasteiger partial charge in [-0.15, -0.1) is 0 Å². The van der Waals surface area contributed by atoms with E-state index in [-0.39, 0.29) is 30.7 Å². The van der Waals surface area contributed by atoms with Crippen molar-refractivity contribution in [2.24, 2.45) is 11.3 Å². The van der Waals surface area contributed by atoms with Crippen LogP contribution >= 0.6 is 0 Å². The molecule has 2 aliphatic rings. The van der Waals surface area contributed by atoms with Crippen molar-refractivity contribution in [3.63, 3.8) is 0 Å². The molecule has 1 aliphatic carbocycles. The van der Waals surface area contributed by atoms with Crippen LogP contribution in [0, 0.1) is 18.3 Å². The van der Waals surface area contributed by atoms with Crippen LogP contribution in [-0.4, -0.2) is 35.8 Å². The number of amides is 2. The van der Waals surface area contributed by atoms with Crippen LogP contribution in [0.4, 0.5) is 0 Å². The highest BCUT2D eigenvalue weighted by Crippen LogP contribution is 2.50. The van der Waals surface area contributed by atoms with Gasteiger partial charge in [-0.3, -0.25) is 14.4 Å². The van der Waals surface area contributed by atoms with Gasteiger partial charge in [-0.05, 0) is 58.1 Å². The number of unbranched alkanes of at least 4 members (excludes halogenated alkanes) is 5. The van der Waals surface area contributed by atoms with Crippen molar-refractivity contribution in [3.05, 3.63) is 35.4 Å². The fourth-order valence-corrected chi connectivity index (χ4v) is 5.45. The molecule has 2 atom stereocenters. The maximum absolute atomic E-state index is 13.6. The van der Waals surface area contributed by atoms with Gasteiger partial charge in [0.05, 0.1) is 13.2 Å². The van der Waals surface area contributed by atoms with Crippen molar-refractivity contribution >= 4 is 17.8 Å². The number of carbonyl (C=O) groups is 3. The van der Waals surface area contributed by atoms with Gasteiger partial charge in [-0.1, -0.05) is 45.1 Å². The zero-order chi connectivity index (χ0) is 25.3. The molecule has 0 unspecified atom stereocenters. The number of likely N-dealkylation sites (tertiary alicyclic amines) is 1. The molecule has 7 heteroatoms. The minimum absolute atomic E-state index is 0.0457.